The van der Waals surface area contributed by atoms with E-state index in [0.29, 0.717) is 12.1 Å². The van der Waals surface area contributed by atoms with Gasteiger partial charge in [-0.1, -0.05) is 30.7 Å². The van der Waals surface area contributed by atoms with Gasteiger partial charge in [0.05, 0.1) is 11.1 Å². The Labute approximate surface area is 129 Å². The van der Waals surface area contributed by atoms with Gasteiger partial charge in [0.1, 0.15) is 0 Å². The summed E-state index contributed by atoms with van der Waals surface area (Å²) < 4.78 is 6.67. The van der Waals surface area contributed by atoms with Gasteiger partial charge >= 0.3 is 0 Å². The van der Waals surface area contributed by atoms with Gasteiger partial charge in [0.2, 0.25) is 0 Å². The summed E-state index contributed by atoms with van der Waals surface area (Å²) in [5.41, 5.74) is 1.18. The molecule has 1 aromatic rings. The molecule has 2 nitrogen and oxygen atoms in total. The van der Waals surface area contributed by atoms with E-state index in [2.05, 4.69) is 34.2 Å². The first-order valence-corrected chi connectivity index (χ1v) is 8.18. The van der Waals surface area contributed by atoms with E-state index in [1.165, 1.54) is 18.4 Å². The summed E-state index contributed by atoms with van der Waals surface area (Å²) in [7, 11) is 0. The van der Waals surface area contributed by atoms with Crippen LogP contribution in [0.25, 0.3) is 0 Å². The van der Waals surface area contributed by atoms with Gasteiger partial charge in [-0.05, 0) is 59.8 Å². The molecule has 2 rings (SSSR count). The normalized spacial score (nSPS) is 20.7. The van der Waals surface area contributed by atoms with Gasteiger partial charge in [-0.3, -0.25) is 0 Å². The first-order chi connectivity index (χ1) is 9.22. The summed E-state index contributed by atoms with van der Waals surface area (Å²) in [6.07, 6.45) is 5.00. The van der Waals surface area contributed by atoms with Gasteiger partial charge in [-0.2, -0.15) is 0 Å². The molecule has 0 aromatic heterocycles. The highest BCUT2D eigenvalue weighted by Crippen LogP contribution is 2.33. The van der Waals surface area contributed by atoms with Crippen LogP contribution in [0.5, 0.6) is 0 Å². The summed E-state index contributed by atoms with van der Waals surface area (Å²) in [6, 6.07) is 6.44. The van der Waals surface area contributed by atoms with E-state index in [-0.39, 0.29) is 0 Å². The molecule has 106 valence electrons. The molecular weight excluding hydrogens is 326 g/mol. The molecule has 1 fully saturated rings. The highest BCUT2D eigenvalue weighted by Gasteiger charge is 2.20. The van der Waals surface area contributed by atoms with Crippen LogP contribution >= 0.6 is 27.5 Å². The lowest BCUT2D eigenvalue weighted by atomic mass is 9.99. The maximum Gasteiger partial charge on any atom is 0.0595 e. The van der Waals surface area contributed by atoms with Crippen molar-refractivity contribution in [2.45, 2.75) is 44.8 Å². The second kappa shape index (κ2) is 7.63. The van der Waals surface area contributed by atoms with E-state index in [0.717, 1.165) is 35.5 Å². The van der Waals surface area contributed by atoms with Crippen molar-refractivity contribution in [2.75, 3.05) is 13.2 Å². The van der Waals surface area contributed by atoms with Crippen molar-refractivity contribution in [3.05, 3.63) is 33.3 Å². The third-order valence-electron chi connectivity index (χ3n) is 3.61. The minimum absolute atomic E-state index is 0.305. The average Bonchev–Trinajstić information content (AvgIpc) is 2.91. The monoisotopic (exact) mass is 345 g/mol. The van der Waals surface area contributed by atoms with Crippen LogP contribution in [0.4, 0.5) is 0 Å². The molecule has 0 spiro atoms. The first-order valence-electron chi connectivity index (χ1n) is 7.01. The van der Waals surface area contributed by atoms with E-state index in [9.17, 15) is 0 Å². The van der Waals surface area contributed by atoms with Crippen LogP contribution in [0.15, 0.2) is 22.7 Å². The van der Waals surface area contributed by atoms with Crippen molar-refractivity contribution in [3.8, 4) is 0 Å². The predicted octanol–water partition coefficient (Wildman–Crippen LogP) is 4.71. The molecule has 19 heavy (non-hydrogen) atoms. The Kier molecular flexibility index (Phi) is 6.14. The Hall–Kier alpha value is -0.0900. The molecule has 0 amide bonds. The summed E-state index contributed by atoms with van der Waals surface area (Å²) in [5.74, 6) is 0. The quantitative estimate of drug-likeness (QED) is 0.805. The van der Waals surface area contributed by atoms with Gasteiger partial charge in [-0.15, -0.1) is 0 Å². The third kappa shape index (κ3) is 4.19. The van der Waals surface area contributed by atoms with Crippen LogP contribution in [0.3, 0.4) is 0 Å². The number of hydrogen-bond donors (Lipinski definition) is 1. The van der Waals surface area contributed by atoms with Crippen molar-refractivity contribution in [3.63, 3.8) is 0 Å². The zero-order valence-electron chi connectivity index (χ0n) is 11.3. The molecule has 1 aliphatic heterocycles. The van der Waals surface area contributed by atoms with Crippen LogP contribution in [0.2, 0.25) is 5.02 Å². The van der Waals surface area contributed by atoms with E-state index < -0.39 is 0 Å². The molecule has 0 bridgehead atoms. The maximum atomic E-state index is 6.40. The van der Waals surface area contributed by atoms with Crippen LogP contribution in [-0.4, -0.2) is 19.3 Å². The third-order valence-corrected chi connectivity index (χ3v) is 4.92. The maximum absolute atomic E-state index is 6.40. The number of hydrogen-bond acceptors (Lipinski definition) is 2. The second-order valence-electron chi connectivity index (χ2n) is 4.97. The van der Waals surface area contributed by atoms with Gasteiger partial charge in [0, 0.05) is 17.1 Å². The Morgan fingerprint density at radius 3 is 3.05 bits per heavy atom. The lowest BCUT2D eigenvalue weighted by Crippen LogP contribution is -2.22. The largest absolute Gasteiger partial charge is 0.378 e. The van der Waals surface area contributed by atoms with Crippen molar-refractivity contribution >= 4 is 27.5 Å². The number of benzene rings is 1. The molecule has 1 saturated heterocycles. The molecule has 1 N–H and O–H groups in total. The fourth-order valence-corrected chi connectivity index (χ4v) is 3.27. The van der Waals surface area contributed by atoms with E-state index in [1.807, 2.05) is 12.1 Å². The molecule has 2 atom stereocenters. The smallest absolute Gasteiger partial charge is 0.0595 e. The number of rotatable bonds is 6. The molecule has 1 heterocycles. The average molecular weight is 347 g/mol. The summed E-state index contributed by atoms with van der Waals surface area (Å²) in [4.78, 5) is 0. The van der Waals surface area contributed by atoms with Crippen LogP contribution < -0.4 is 5.32 Å². The standard InChI is InChI=1S/C15H21BrClNO/c1-2-18-14(9-8-11-5-4-10-19-11)12-6-3-7-13(16)15(12)17/h3,6-7,11,14,18H,2,4-5,8-10H2,1H3. The minimum atomic E-state index is 0.305. The Bertz CT molecular complexity index is 407. The molecule has 0 saturated carbocycles. The molecule has 2 unspecified atom stereocenters. The van der Waals surface area contributed by atoms with E-state index >= 15 is 0 Å². The SMILES string of the molecule is CCNC(CCC1CCCO1)c1cccc(Br)c1Cl. The van der Waals surface area contributed by atoms with Crippen LogP contribution in [0, 0.1) is 0 Å². The lowest BCUT2D eigenvalue weighted by molar-refractivity contribution is 0.0996. The number of halogens is 2. The van der Waals surface area contributed by atoms with E-state index in [4.69, 9.17) is 16.3 Å². The van der Waals surface area contributed by atoms with Gasteiger partial charge < -0.3 is 10.1 Å². The molecule has 1 aromatic carbocycles. The highest BCUT2D eigenvalue weighted by atomic mass is 79.9. The van der Waals surface area contributed by atoms with Crippen molar-refractivity contribution in [1.82, 2.24) is 5.32 Å². The summed E-state index contributed by atoms with van der Waals surface area (Å²) in [5, 5.41) is 4.35. The molecule has 0 aliphatic carbocycles. The summed E-state index contributed by atoms with van der Waals surface area (Å²) in [6.45, 7) is 4.00. The number of nitrogens with one attached hydrogen (secondary N) is 1. The van der Waals surface area contributed by atoms with Crippen LogP contribution in [-0.2, 0) is 4.74 Å². The zero-order valence-corrected chi connectivity index (χ0v) is 13.6. The van der Waals surface area contributed by atoms with Crippen LogP contribution in [0.1, 0.15) is 44.2 Å². The van der Waals surface area contributed by atoms with Crippen molar-refractivity contribution < 1.29 is 4.74 Å². The Morgan fingerprint density at radius 1 is 1.53 bits per heavy atom. The van der Waals surface area contributed by atoms with E-state index in [1.54, 1.807) is 0 Å². The summed E-state index contributed by atoms with van der Waals surface area (Å²) >= 11 is 9.90. The highest BCUT2D eigenvalue weighted by molar-refractivity contribution is 9.10. The van der Waals surface area contributed by atoms with Crippen molar-refractivity contribution in [2.24, 2.45) is 0 Å². The van der Waals surface area contributed by atoms with Gasteiger partial charge in [-0.25, -0.2) is 0 Å². The molecule has 4 heteroatoms. The van der Waals surface area contributed by atoms with Gasteiger partial charge in [0.25, 0.3) is 0 Å². The molecular formula is C15H21BrClNO. The fourth-order valence-electron chi connectivity index (χ4n) is 2.63. The lowest BCUT2D eigenvalue weighted by Gasteiger charge is -2.21. The Balaban J connectivity index is 2.03. The minimum Gasteiger partial charge on any atom is -0.378 e. The van der Waals surface area contributed by atoms with Crippen molar-refractivity contribution in [1.29, 1.82) is 0 Å². The topological polar surface area (TPSA) is 21.3 Å². The zero-order chi connectivity index (χ0) is 13.7. The van der Waals surface area contributed by atoms with Gasteiger partial charge in [0.15, 0.2) is 0 Å². The Morgan fingerprint density at radius 2 is 2.37 bits per heavy atom. The number of ether oxygens (including phenoxy) is 1. The predicted molar refractivity (Wildman–Crippen MR) is 83.8 cm³/mol. The first kappa shape index (κ1) is 15.3. The molecule has 1 aliphatic rings. The second-order valence-corrected chi connectivity index (χ2v) is 6.20. The molecule has 0 radical (unpaired) electrons. The fraction of sp³-hybridized carbons (Fsp3) is 0.600.